The van der Waals surface area contributed by atoms with Crippen molar-refractivity contribution in [3.8, 4) is 0 Å². The molecule has 0 N–H and O–H groups in total. The summed E-state index contributed by atoms with van der Waals surface area (Å²) in [5.74, 6) is 0. The van der Waals surface area contributed by atoms with E-state index in [0.29, 0.717) is 0 Å². The zero-order valence-electron chi connectivity index (χ0n) is 8.54. The van der Waals surface area contributed by atoms with Crippen molar-refractivity contribution in [3.05, 3.63) is 42.8 Å². The summed E-state index contributed by atoms with van der Waals surface area (Å²) in [7, 11) is 8.50. The lowest BCUT2D eigenvalue weighted by molar-refractivity contribution is -0.849. The first-order valence-electron chi connectivity index (χ1n) is 4.05. The van der Waals surface area contributed by atoms with Crippen LogP contribution in [0.3, 0.4) is 0 Å². The van der Waals surface area contributed by atoms with Gasteiger partial charge in [-0.25, -0.2) is 0 Å². The molecule has 1 rings (SSSR count). The Labute approximate surface area is 76.2 Å². The molecule has 67 valence electrons. The van der Waals surface area contributed by atoms with E-state index >= 15 is 0 Å². The molecule has 12 heavy (non-hydrogen) atoms. The third kappa shape index (κ3) is 11.9. The molecule has 0 aromatic heterocycles. The molecule has 1 aromatic carbocycles. The van der Waals surface area contributed by atoms with Gasteiger partial charge in [0.15, 0.2) is 0 Å². The van der Waals surface area contributed by atoms with Gasteiger partial charge in [-0.05, 0) is 12.5 Å². The first kappa shape index (κ1) is 11.2. The first-order valence-corrected chi connectivity index (χ1v) is 4.05. The lowest BCUT2D eigenvalue weighted by Gasteiger charge is -2.14. The van der Waals surface area contributed by atoms with Crippen molar-refractivity contribution in [3.63, 3.8) is 0 Å². The third-order valence-corrected chi connectivity index (χ3v) is 0.843. The lowest BCUT2D eigenvalue weighted by atomic mass is 10.2. The number of hydrogen-bond donors (Lipinski definition) is 0. The highest BCUT2D eigenvalue weighted by Gasteiger charge is 1.88. The largest absolute Gasteiger partial charge is 0.333 e. The minimum atomic E-state index is 1.00. The molecule has 0 aliphatic heterocycles. The van der Waals surface area contributed by atoms with Gasteiger partial charge in [-0.1, -0.05) is 30.3 Å². The molecule has 0 unspecified atom stereocenters. The van der Waals surface area contributed by atoms with E-state index in [1.807, 2.05) is 30.3 Å². The lowest BCUT2D eigenvalue weighted by Crippen LogP contribution is -2.27. The summed E-state index contributed by atoms with van der Waals surface area (Å²) in [6.45, 7) is 3.72. The average Bonchev–Trinajstić information content (AvgIpc) is 1.85. The minimum Gasteiger partial charge on any atom is -0.333 e. The van der Waals surface area contributed by atoms with Gasteiger partial charge in [0, 0.05) is 0 Å². The van der Waals surface area contributed by atoms with Crippen molar-refractivity contribution in [2.45, 2.75) is 0 Å². The molecule has 0 aliphatic rings. The molecule has 0 bridgehead atoms. The van der Waals surface area contributed by atoms with Crippen LogP contribution in [0.1, 0.15) is 5.56 Å². The number of benzene rings is 1. The normalized spacial score (nSPS) is 10.1. The average molecular weight is 165 g/mol. The molecule has 0 saturated carbocycles. The highest BCUT2D eigenvalue weighted by atomic mass is 15.2. The standard InChI is InChI=1S/C7H7.C4H12N/c1-7-5-3-2-4-6-7;1-5(2,3)4/h2-6H,1H2;1-4H3/q;+1. The van der Waals surface area contributed by atoms with Crippen molar-refractivity contribution in [1.82, 2.24) is 0 Å². The van der Waals surface area contributed by atoms with E-state index in [9.17, 15) is 0 Å². The van der Waals surface area contributed by atoms with Gasteiger partial charge >= 0.3 is 0 Å². The highest BCUT2D eigenvalue weighted by molar-refractivity contribution is 5.16. The van der Waals surface area contributed by atoms with Crippen LogP contribution in [0.5, 0.6) is 0 Å². The maximum absolute atomic E-state index is 3.72. The predicted octanol–water partition coefficient (Wildman–Crippen LogP) is 2.19. The second kappa shape index (κ2) is 4.94. The summed E-state index contributed by atoms with van der Waals surface area (Å²) in [5.41, 5.74) is 1.07. The van der Waals surface area contributed by atoms with Crippen molar-refractivity contribution < 1.29 is 4.48 Å². The van der Waals surface area contributed by atoms with E-state index < -0.39 is 0 Å². The van der Waals surface area contributed by atoms with Gasteiger partial charge in [-0.2, -0.15) is 0 Å². The summed E-state index contributed by atoms with van der Waals surface area (Å²) in [4.78, 5) is 0. The Morgan fingerprint density at radius 3 is 1.42 bits per heavy atom. The van der Waals surface area contributed by atoms with Crippen LogP contribution in [0.15, 0.2) is 30.3 Å². The molecule has 0 aliphatic carbocycles. The molecular formula is C11H19N+. The summed E-state index contributed by atoms with van der Waals surface area (Å²) >= 11 is 0. The fourth-order valence-corrected chi connectivity index (χ4v) is 0.478. The molecule has 1 nitrogen and oxygen atoms in total. The summed E-state index contributed by atoms with van der Waals surface area (Å²) in [5, 5.41) is 0. The zero-order chi connectivity index (χ0) is 9.61. The number of quaternary nitrogens is 1. The number of rotatable bonds is 0. The van der Waals surface area contributed by atoms with Crippen LogP contribution in [0, 0.1) is 6.92 Å². The molecule has 0 saturated heterocycles. The second-order valence-electron chi connectivity index (χ2n) is 4.17. The van der Waals surface area contributed by atoms with Gasteiger partial charge in [0.2, 0.25) is 0 Å². The van der Waals surface area contributed by atoms with Crippen LogP contribution in [-0.4, -0.2) is 32.7 Å². The maximum Gasteiger partial charge on any atom is 0.0675 e. The quantitative estimate of drug-likeness (QED) is 0.517. The van der Waals surface area contributed by atoms with Crippen molar-refractivity contribution in [2.24, 2.45) is 0 Å². The summed E-state index contributed by atoms with van der Waals surface area (Å²) in [6, 6.07) is 9.87. The highest BCUT2D eigenvalue weighted by Crippen LogP contribution is 1.92. The molecule has 1 radical (unpaired) electrons. The fraction of sp³-hybridized carbons (Fsp3) is 0.364. The summed E-state index contributed by atoms with van der Waals surface area (Å²) < 4.78 is 1.00. The van der Waals surface area contributed by atoms with Crippen LogP contribution < -0.4 is 0 Å². The van der Waals surface area contributed by atoms with Gasteiger partial charge in [-0.15, -0.1) is 0 Å². The smallest absolute Gasteiger partial charge is 0.0675 e. The van der Waals surface area contributed by atoms with Crippen molar-refractivity contribution in [1.29, 1.82) is 0 Å². The van der Waals surface area contributed by atoms with Crippen molar-refractivity contribution in [2.75, 3.05) is 28.2 Å². The van der Waals surface area contributed by atoms with E-state index in [1.54, 1.807) is 0 Å². The Bertz CT molecular complexity index is 190. The SMILES string of the molecule is C[N+](C)(C)C.[CH2]c1ccccc1. The van der Waals surface area contributed by atoms with Crippen LogP contribution in [-0.2, 0) is 0 Å². The molecule has 1 aromatic rings. The van der Waals surface area contributed by atoms with E-state index in [1.165, 1.54) is 0 Å². The molecule has 0 spiro atoms. The number of hydrogen-bond acceptors (Lipinski definition) is 0. The molecular weight excluding hydrogens is 146 g/mol. The predicted molar refractivity (Wildman–Crippen MR) is 54.9 cm³/mol. The van der Waals surface area contributed by atoms with E-state index in [4.69, 9.17) is 0 Å². The molecule has 0 amide bonds. The Morgan fingerprint density at radius 1 is 0.917 bits per heavy atom. The molecule has 1 heteroatoms. The van der Waals surface area contributed by atoms with Crippen LogP contribution in [0.25, 0.3) is 0 Å². The Hall–Kier alpha value is -0.820. The second-order valence-corrected chi connectivity index (χ2v) is 4.17. The Kier molecular flexibility index (Phi) is 4.60. The van der Waals surface area contributed by atoms with Gasteiger partial charge < -0.3 is 4.48 Å². The van der Waals surface area contributed by atoms with E-state index in [0.717, 1.165) is 10.0 Å². The number of nitrogens with zero attached hydrogens (tertiary/aromatic N) is 1. The van der Waals surface area contributed by atoms with Gasteiger partial charge in [0.05, 0.1) is 28.2 Å². The van der Waals surface area contributed by atoms with Gasteiger partial charge in [0.25, 0.3) is 0 Å². The minimum absolute atomic E-state index is 1.00. The van der Waals surface area contributed by atoms with Crippen molar-refractivity contribution >= 4 is 0 Å². The van der Waals surface area contributed by atoms with Gasteiger partial charge in [0.1, 0.15) is 0 Å². The molecule has 0 heterocycles. The monoisotopic (exact) mass is 165 g/mol. The molecule has 0 atom stereocenters. The first-order chi connectivity index (χ1) is 5.39. The fourth-order valence-electron chi connectivity index (χ4n) is 0.478. The third-order valence-electron chi connectivity index (χ3n) is 0.843. The summed E-state index contributed by atoms with van der Waals surface area (Å²) in [6.07, 6.45) is 0. The topological polar surface area (TPSA) is 0 Å². The van der Waals surface area contributed by atoms with E-state index in [2.05, 4.69) is 35.1 Å². The molecule has 0 fully saturated rings. The van der Waals surface area contributed by atoms with Gasteiger partial charge in [-0.3, -0.25) is 0 Å². The van der Waals surface area contributed by atoms with E-state index in [-0.39, 0.29) is 0 Å². The maximum atomic E-state index is 3.72. The zero-order valence-corrected chi connectivity index (χ0v) is 8.54. The van der Waals surface area contributed by atoms with Crippen LogP contribution >= 0.6 is 0 Å². The Morgan fingerprint density at radius 2 is 1.25 bits per heavy atom. The Balaban J connectivity index is 0.000000217. The van der Waals surface area contributed by atoms with Crippen LogP contribution in [0.4, 0.5) is 0 Å². The van der Waals surface area contributed by atoms with Crippen LogP contribution in [0.2, 0.25) is 0 Å².